The molecule has 0 aliphatic rings. The second-order valence-corrected chi connectivity index (χ2v) is 0.617. The molecule has 0 aliphatic heterocycles. The summed E-state index contributed by atoms with van der Waals surface area (Å²) in [6.45, 7) is -0.631. The third kappa shape index (κ3) is 3.29. The molecule has 0 N–H and O–H groups in total. The maximum Gasteiger partial charge on any atom is 0.153 e. The molecule has 0 amide bonds. The molecule has 0 atom stereocenters. The number of hydrogen-bond acceptors (Lipinski definition) is 1. The van der Waals surface area contributed by atoms with Gasteiger partial charge in [0.15, 0.2) is 6.67 Å². The third-order valence-corrected chi connectivity index (χ3v) is 0.241. The fourth-order valence-corrected chi connectivity index (χ4v) is 0.0994. The number of rotatable bonds is 0. The number of ether oxygens (including phenoxy) is 1. The molecule has 6 heavy (non-hydrogen) atoms. The molecule has 0 aromatic rings. The summed E-state index contributed by atoms with van der Waals surface area (Å²) < 4.78 is 15.1. The molecule has 0 saturated heterocycles. The van der Waals surface area contributed by atoms with Crippen molar-refractivity contribution in [3.63, 3.8) is 0 Å². The normalized spacial score (nSPS) is 5.67. The second-order valence-electron chi connectivity index (χ2n) is 0.617. The Balaban J connectivity index is 2.90. The minimum absolute atomic E-state index is 0.631. The van der Waals surface area contributed by atoms with Gasteiger partial charge in [0.25, 0.3) is 0 Å². The average molecular weight is 88.1 g/mol. The van der Waals surface area contributed by atoms with E-state index in [0.29, 0.717) is 0 Å². The molecule has 0 bridgehead atoms. The van der Waals surface area contributed by atoms with Crippen molar-refractivity contribution < 1.29 is 9.13 Å². The fraction of sp³-hybridized carbons (Fsp3) is 0.500. The maximum absolute atomic E-state index is 10.9. The standard InChI is InChI=1S/C4H5FO/c1-6-4-2-3-5/h3H2,1H3. The lowest BCUT2D eigenvalue weighted by atomic mass is 10.8. The first-order valence-electron chi connectivity index (χ1n) is 1.48. The summed E-state index contributed by atoms with van der Waals surface area (Å²) in [5.41, 5.74) is 0. The summed E-state index contributed by atoms with van der Waals surface area (Å²) >= 11 is 0. The van der Waals surface area contributed by atoms with Gasteiger partial charge >= 0.3 is 0 Å². The van der Waals surface area contributed by atoms with E-state index in [-0.39, 0.29) is 0 Å². The first-order chi connectivity index (χ1) is 2.91. The highest BCUT2D eigenvalue weighted by Gasteiger charge is 1.58. The van der Waals surface area contributed by atoms with Crippen LogP contribution in [0.4, 0.5) is 4.39 Å². The predicted molar refractivity (Wildman–Crippen MR) is 20.8 cm³/mol. The summed E-state index contributed by atoms with van der Waals surface area (Å²) in [5.74, 6) is 2.06. The van der Waals surface area contributed by atoms with Gasteiger partial charge < -0.3 is 4.74 Å². The number of halogens is 1. The van der Waals surface area contributed by atoms with Gasteiger partial charge in [-0.05, 0) is 5.92 Å². The number of alkyl halides is 1. The van der Waals surface area contributed by atoms with Crippen molar-refractivity contribution in [2.24, 2.45) is 0 Å². The molecule has 2 heteroatoms. The molecule has 0 saturated carbocycles. The summed E-state index contributed by atoms with van der Waals surface area (Å²) in [4.78, 5) is 0. The summed E-state index contributed by atoms with van der Waals surface area (Å²) in [6, 6.07) is 0. The number of methoxy groups -OCH3 is 1. The van der Waals surface area contributed by atoms with Crippen LogP contribution in [0.5, 0.6) is 0 Å². The van der Waals surface area contributed by atoms with Crippen molar-refractivity contribution in [3.8, 4) is 12.0 Å². The van der Waals surface area contributed by atoms with Crippen LogP contribution in [-0.2, 0) is 4.74 Å². The number of hydrogen-bond donors (Lipinski definition) is 0. The molecular weight excluding hydrogens is 83.0 g/mol. The van der Waals surface area contributed by atoms with Crippen LogP contribution >= 0.6 is 0 Å². The molecule has 34 valence electrons. The smallest absolute Gasteiger partial charge is 0.153 e. The quantitative estimate of drug-likeness (QED) is 0.393. The van der Waals surface area contributed by atoms with E-state index in [1.165, 1.54) is 7.11 Å². The van der Waals surface area contributed by atoms with Crippen molar-refractivity contribution in [2.45, 2.75) is 0 Å². The Morgan fingerprint density at radius 2 is 2.50 bits per heavy atom. The minimum atomic E-state index is -0.631. The molecule has 0 rings (SSSR count). The molecule has 0 aliphatic carbocycles. The molecule has 0 spiro atoms. The summed E-state index contributed by atoms with van der Waals surface area (Å²) in [5, 5.41) is 0. The monoisotopic (exact) mass is 88.0 g/mol. The van der Waals surface area contributed by atoms with Gasteiger partial charge in [0.1, 0.15) is 6.11 Å². The van der Waals surface area contributed by atoms with Crippen LogP contribution in [0.15, 0.2) is 0 Å². The predicted octanol–water partition coefficient (Wildman–Crippen LogP) is 0.563. The Hall–Kier alpha value is -0.710. The van der Waals surface area contributed by atoms with E-state index in [0.717, 1.165) is 0 Å². The van der Waals surface area contributed by atoms with Gasteiger partial charge in [0, 0.05) is 0 Å². The van der Waals surface area contributed by atoms with Crippen LogP contribution in [-0.4, -0.2) is 13.8 Å². The van der Waals surface area contributed by atoms with Crippen LogP contribution in [0.1, 0.15) is 0 Å². The molecule has 0 heterocycles. The fourth-order valence-electron chi connectivity index (χ4n) is 0.0994. The molecule has 0 aromatic heterocycles. The van der Waals surface area contributed by atoms with Crippen molar-refractivity contribution in [1.29, 1.82) is 0 Å². The Morgan fingerprint density at radius 3 is 2.67 bits per heavy atom. The largest absolute Gasteiger partial charge is 0.450 e. The van der Waals surface area contributed by atoms with Gasteiger partial charge in [-0.3, -0.25) is 0 Å². The van der Waals surface area contributed by atoms with E-state index in [1.807, 2.05) is 0 Å². The van der Waals surface area contributed by atoms with Crippen molar-refractivity contribution >= 4 is 0 Å². The third-order valence-electron chi connectivity index (χ3n) is 0.241. The molecule has 0 radical (unpaired) electrons. The van der Waals surface area contributed by atoms with Gasteiger partial charge in [-0.2, -0.15) is 0 Å². The first kappa shape index (κ1) is 5.29. The van der Waals surface area contributed by atoms with E-state index in [9.17, 15) is 4.39 Å². The van der Waals surface area contributed by atoms with Crippen molar-refractivity contribution in [3.05, 3.63) is 0 Å². The Kier molecular flexibility index (Phi) is 3.78. The zero-order valence-corrected chi connectivity index (χ0v) is 3.49. The van der Waals surface area contributed by atoms with Crippen LogP contribution in [0.2, 0.25) is 0 Å². The summed E-state index contributed by atoms with van der Waals surface area (Å²) in [7, 11) is 1.39. The zero-order valence-electron chi connectivity index (χ0n) is 3.49. The van der Waals surface area contributed by atoms with Gasteiger partial charge in [-0.15, -0.1) is 0 Å². The lowest BCUT2D eigenvalue weighted by Gasteiger charge is -1.71. The average Bonchev–Trinajstić information content (AvgIpc) is 1.61. The van der Waals surface area contributed by atoms with Crippen molar-refractivity contribution in [2.75, 3.05) is 13.8 Å². The lowest BCUT2D eigenvalue weighted by molar-refractivity contribution is 0.370. The van der Waals surface area contributed by atoms with E-state index in [4.69, 9.17) is 0 Å². The topological polar surface area (TPSA) is 9.23 Å². The zero-order chi connectivity index (χ0) is 4.83. The van der Waals surface area contributed by atoms with Crippen LogP contribution in [0.3, 0.4) is 0 Å². The minimum Gasteiger partial charge on any atom is -0.450 e. The van der Waals surface area contributed by atoms with Gasteiger partial charge in [-0.25, -0.2) is 4.39 Å². The maximum atomic E-state index is 10.9. The van der Waals surface area contributed by atoms with E-state index >= 15 is 0 Å². The highest BCUT2D eigenvalue weighted by atomic mass is 19.1. The summed E-state index contributed by atoms with van der Waals surface area (Å²) in [6.07, 6.45) is 2.07. The van der Waals surface area contributed by atoms with Crippen LogP contribution in [0, 0.1) is 12.0 Å². The van der Waals surface area contributed by atoms with Crippen LogP contribution in [0.25, 0.3) is 0 Å². The van der Waals surface area contributed by atoms with E-state index < -0.39 is 6.67 Å². The van der Waals surface area contributed by atoms with Gasteiger partial charge in [0.05, 0.1) is 7.11 Å². The lowest BCUT2D eigenvalue weighted by Crippen LogP contribution is -1.65. The van der Waals surface area contributed by atoms with Crippen LogP contribution < -0.4 is 0 Å². The molecular formula is C4H5FO. The Morgan fingerprint density at radius 1 is 1.83 bits per heavy atom. The highest BCUT2D eigenvalue weighted by molar-refractivity contribution is 4.89. The first-order valence-corrected chi connectivity index (χ1v) is 1.48. The molecule has 0 aromatic carbocycles. The molecule has 0 unspecified atom stereocenters. The van der Waals surface area contributed by atoms with Gasteiger partial charge in [-0.1, -0.05) is 0 Å². The van der Waals surface area contributed by atoms with E-state index in [1.54, 1.807) is 0 Å². The SMILES string of the molecule is COC#CCF. The highest BCUT2D eigenvalue weighted by Crippen LogP contribution is 1.59. The Bertz CT molecular complexity index is 61.4. The molecule has 0 fully saturated rings. The van der Waals surface area contributed by atoms with Crippen molar-refractivity contribution in [1.82, 2.24) is 0 Å². The second kappa shape index (κ2) is 4.29. The van der Waals surface area contributed by atoms with Gasteiger partial charge in [0.2, 0.25) is 0 Å². The Labute approximate surface area is 36.1 Å². The van der Waals surface area contributed by atoms with E-state index in [2.05, 4.69) is 16.8 Å². The molecule has 1 nitrogen and oxygen atoms in total.